The Labute approximate surface area is 162 Å². The van der Waals surface area contributed by atoms with Gasteiger partial charge in [0.05, 0.1) is 22.5 Å². The van der Waals surface area contributed by atoms with E-state index in [0.29, 0.717) is 0 Å². The summed E-state index contributed by atoms with van der Waals surface area (Å²) in [6.07, 6.45) is 0.999. The summed E-state index contributed by atoms with van der Waals surface area (Å²) in [6, 6.07) is 13.5. The molecule has 0 unspecified atom stereocenters. The van der Waals surface area contributed by atoms with Gasteiger partial charge in [0, 0.05) is 17.4 Å². The Balaban J connectivity index is 1.87. The van der Waals surface area contributed by atoms with Crippen LogP contribution in [0.5, 0.6) is 0 Å². The van der Waals surface area contributed by atoms with Crippen LogP contribution in [-0.4, -0.2) is 0 Å². The lowest BCUT2D eigenvalue weighted by Crippen LogP contribution is -2.38. The summed E-state index contributed by atoms with van der Waals surface area (Å²) in [5.41, 5.74) is 10.6. The molecule has 130 valence electrons. The van der Waals surface area contributed by atoms with Crippen LogP contribution in [0.3, 0.4) is 0 Å². The average molecular weight is 406 g/mol. The Morgan fingerprint density at radius 3 is 2.04 bits per heavy atom. The van der Waals surface area contributed by atoms with Gasteiger partial charge in [-0.1, -0.05) is 50.2 Å². The fourth-order valence-corrected chi connectivity index (χ4v) is 6.22. The molecule has 0 amide bonds. The Morgan fingerprint density at radius 2 is 1.42 bits per heavy atom. The molecule has 6 rings (SSSR count). The molecule has 4 heterocycles. The third-order valence-electron chi connectivity index (χ3n) is 6.67. The molecule has 0 spiro atoms. The van der Waals surface area contributed by atoms with E-state index in [4.69, 9.17) is 4.42 Å². The molecule has 2 aromatic carbocycles. The molecular weight excluding hydrogens is 386 g/mol. The molecule has 1 aromatic heterocycles. The fraction of sp³-hybridized carbons (Fsp3) is 0.304. The molecule has 0 radical (unpaired) electrons. The first-order valence-electron chi connectivity index (χ1n) is 9.21. The van der Waals surface area contributed by atoms with Crippen molar-refractivity contribution < 1.29 is 4.42 Å². The van der Waals surface area contributed by atoms with Crippen LogP contribution in [0, 0.1) is 0 Å². The lowest BCUT2D eigenvalue weighted by Gasteiger charge is -2.49. The fourth-order valence-electron chi connectivity index (χ4n) is 5.38. The number of rotatable bonds is 0. The number of nitrogens with zero attached hydrogens (tertiary/aromatic N) is 1. The molecule has 3 aliphatic rings. The molecule has 26 heavy (non-hydrogen) atoms. The molecule has 0 saturated heterocycles. The first-order chi connectivity index (χ1) is 12.3. The van der Waals surface area contributed by atoms with Crippen LogP contribution in [0.2, 0.25) is 0 Å². The van der Waals surface area contributed by atoms with Crippen molar-refractivity contribution in [2.24, 2.45) is 0 Å². The van der Waals surface area contributed by atoms with Crippen LogP contribution in [0.15, 0.2) is 45.5 Å². The average Bonchev–Trinajstić information content (AvgIpc) is 2.96. The van der Waals surface area contributed by atoms with E-state index in [-0.39, 0.29) is 10.8 Å². The zero-order valence-corrected chi connectivity index (χ0v) is 17.0. The number of hydrogen-bond acceptors (Lipinski definition) is 2. The summed E-state index contributed by atoms with van der Waals surface area (Å²) in [6.45, 7) is 9.21. The van der Waals surface area contributed by atoms with E-state index in [2.05, 4.69) is 84.9 Å². The highest BCUT2D eigenvalue weighted by Crippen LogP contribution is 2.65. The predicted octanol–water partition coefficient (Wildman–Crippen LogP) is 6.69. The lowest BCUT2D eigenvalue weighted by molar-refractivity contribution is 0.411. The van der Waals surface area contributed by atoms with Gasteiger partial charge in [0.2, 0.25) is 0 Å². The molecule has 0 bridgehead atoms. The summed E-state index contributed by atoms with van der Waals surface area (Å²) in [4.78, 5) is 2.49. The first-order valence-corrected chi connectivity index (χ1v) is 10.0. The quantitative estimate of drug-likeness (QED) is 0.323. The van der Waals surface area contributed by atoms with Crippen molar-refractivity contribution in [2.75, 3.05) is 4.90 Å². The number of halogens is 1. The zero-order valence-electron chi connectivity index (χ0n) is 15.4. The van der Waals surface area contributed by atoms with Gasteiger partial charge in [-0.25, -0.2) is 0 Å². The van der Waals surface area contributed by atoms with Crippen LogP contribution >= 0.6 is 15.9 Å². The van der Waals surface area contributed by atoms with Crippen molar-refractivity contribution in [1.82, 2.24) is 0 Å². The van der Waals surface area contributed by atoms with Gasteiger partial charge in [0.1, 0.15) is 5.76 Å². The van der Waals surface area contributed by atoms with Gasteiger partial charge in [-0.3, -0.25) is 0 Å². The SMILES string of the molecule is CC1(C)c2cccc3c2N2c4c(cccc4C(C)(C)c4c(Br)oc1c42)C3. The van der Waals surface area contributed by atoms with Gasteiger partial charge in [0.15, 0.2) is 4.67 Å². The minimum atomic E-state index is -0.155. The van der Waals surface area contributed by atoms with Gasteiger partial charge in [-0.05, 0) is 52.0 Å². The second kappa shape index (κ2) is 4.28. The van der Waals surface area contributed by atoms with E-state index in [0.717, 1.165) is 16.9 Å². The number of furan rings is 1. The predicted molar refractivity (Wildman–Crippen MR) is 108 cm³/mol. The topological polar surface area (TPSA) is 16.4 Å². The summed E-state index contributed by atoms with van der Waals surface area (Å²) < 4.78 is 7.28. The lowest BCUT2D eigenvalue weighted by atomic mass is 9.67. The number of hydrogen-bond donors (Lipinski definition) is 0. The molecule has 0 N–H and O–H groups in total. The summed E-state index contributed by atoms with van der Waals surface area (Å²) in [5, 5.41) is 0. The molecule has 2 nitrogen and oxygen atoms in total. The third kappa shape index (κ3) is 1.44. The molecule has 3 heteroatoms. The maximum Gasteiger partial charge on any atom is 0.175 e. The van der Waals surface area contributed by atoms with Crippen LogP contribution in [0.25, 0.3) is 0 Å². The monoisotopic (exact) mass is 405 g/mol. The minimum absolute atomic E-state index is 0.0996. The van der Waals surface area contributed by atoms with Crippen LogP contribution in [0.4, 0.5) is 17.1 Å². The van der Waals surface area contributed by atoms with Crippen LogP contribution < -0.4 is 4.90 Å². The maximum atomic E-state index is 6.41. The molecular formula is C23H20BrNO. The minimum Gasteiger partial charge on any atom is -0.451 e. The maximum absolute atomic E-state index is 6.41. The van der Waals surface area contributed by atoms with E-state index >= 15 is 0 Å². The van der Waals surface area contributed by atoms with Gasteiger partial charge in [0.25, 0.3) is 0 Å². The zero-order chi connectivity index (χ0) is 18.0. The third-order valence-corrected chi connectivity index (χ3v) is 7.23. The van der Waals surface area contributed by atoms with E-state index in [9.17, 15) is 0 Å². The first kappa shape index (κ1) is 15.1. The van der Waals surface area contributed by atoms with Crippen molar-refractivity contribution in [3.63, 3.8) is 0 Å². The van der Waals surface area contributed by atoms with Crippen LogP contribution in [-0.2, 0) is 17.3 Å². The summed E-state index contributed by atoms with van der Waals surface area (Å²) in [5.74, 6) is 1.07. The molecule has 0 fully saturated rings. The second-order valence-corrected chi connectivity index (χ2v) is 9.54. The van der Waals surface area contributed by atoms with Gasteiger partial charge in [-0.2, -0.15) is 0 Å². The summed E-state index contributed by atoms with van der Waals surface area (Å²) >= 11 is 3.76. The second-order valence-electron chi connectivity index (χ2n) is 8.82. The molecule has 3 aliphatic heterocycles. The Bertz CT molecular complexity index is 1120. The molecule has 0 aliphatic carbocycles. The van der Waals surface area contributed by atoms with Crippen molar-refractivity contribution in [3.05, 3.63) is 74.6 Å². The van der Waals surface area contributed by atoms with Crippen molar-refractivity contribution in [1.29, 1.82) is 0 Å². The molecule has 0 saturated carbocycles. The van der Waals surface area contributed by atoms with Crippen molar-refractivity contribution in [3.8, 4) is 0 Å². The standard InChI is InChI=1S/C23H20BrNO/c1-22(2)14-9-5-7-12-11-13-8-6-10-15-18(13)25(17(12)14)19-16(22)21(24)26-20(19)23(15,3)4/h5-10H,11H2,1-4H3. The number of para-hydroxylation sites is 2. The van der Waals surface area contributed by atoms with Crippen molar-refractivity contribution in [2.45, 2.75) is 44.9 Å². The molecule has 0 atom stereocenters. The normalized spacial score (nSPS) is 19.3. The highest BCUT2D eigenvalue weighted by atomic mass is 79.9. The highest BCUT2D eigenvalue weighted by molar-refractivity contribution is 9.10. The number of anilines is 3. The smallest absolute Gasteiger partial charge is 0.175 e. The highest BCUT2D eigenvalue weighted by Gasteiger charge is 2.51. The van der Waals surface area contributed by atoms with Crippen LogP contribution in [0.1, 0.15) is 61.3 Å². The van der Waals surface area contributed by atoms with E-state index in [1.165, 1.54) is 44.9 Å². The number of benzene rings is 2. The summed E-state index contributed by atoms with van der Waals surface area (Å²) in [7, 11) is 0. The van der Waals surface area contributed by atoms with Gasteiger partial charge in [-0.15, -0.1) is 0 Å². The van der Waals surface area contributed by atoms with E-state index in [1.54, 1.807) is 0 Å². The Morgan fingerprint density at radius 1 is 0.846 bits per heavy atom. The van der Waals surface area contributed by atoms with E-state index in [1.807, 2.05) is 0 Å². The van der Waals surface area contributed by atoms with E-state index < -0.39 is 0 Å². The Hall–Kier alpha value is -2.00. The van der Waals surface area contributed by atoms with Crippen molar-refractivity contribution >= 4 is 33.0 Å². The van der Waals surface area contributed by atoms with Gasteiger partial charge >= 0.3 is 0 Å². The van der Waals surface area contributed by atoms with Gasteiger partial charge < -0.3 is 9.32 Å². The molecule has 3 aromatic rings. The Kier molecular flexibility index (Phi) is 2.49. The largest absolute Gasteiger partial charge is 0.451 e.